The van der Waals surface area contributed by atoms with E-state index >= 15 is 0 Å². The van der Waals surface area contributed by atoms with Crippen LogP contribution in [0.3, 0.4) is 0 Å². The summed E-state index contributed by atoms with van der Waals surface area (Å²) in [5.41, 5.74) is 3.08. The Morgan fingerprint density at radius 1 is 1.00 bits per heavy atom. The standard InChI is InChI=1S/C26H32N4O2/c31-24(28-14-10-21-5-1-2-13-27-21)23-19-26(23)11-17-30(18-12-26)25(32)20-6-8-22(9-7-20)29-15-3-4-16-29/h1-2,5-9,13,23H,3-4,10-12,14-19H2,(H,28,31). The van der Waals surface area contributed by atoms with Gasteiger partial charge in [-0.05, 0) is 73.9 Å². The molecule has 2 aliphatic heterocycles. The number of carbonyl (C=O) groups is 2. The van der Waals surface area contributed by atoms with Crippen LogP contribution in [0.4, 0.5) is 5.69 Å². The Morgan fingerprint density at radius 3 is 2.44 bits per heavy atom. The molecule has 3 aliphatic rings. The SMILES string of the molecule is O=C(NCCc1ccccn1)C1CC12CCN(C(=O)c1ccc(N3CCCC3)cc1)CC2. The number of anilines is 1. The third-order valence-electron chi connectivity index (χ3n) is 7.54. The van der Waals surface area contributed by atoms with Crippen molar-refractivity contribution in [2.75, 3.05) is 37.6 Å². The van der Waals surface area contributed by atoms with Crippen molar-refractivity contribution in [2.45, 2.75) is 38.5 Å². The predicted molar refractivity (Wildman–Crippen MR) is 125 cm³/mol. The molecule has 0 radical (unpaired) electrons. The monoisotopic (exact) mass is 432 g/mol. The van der Waals surface area contributed by atoms with Crippen LogP contribution >= 0.6 is 0 Å². The fourth-order valence-corrected chi connectivity index (χ4v) is 5.38. The van der Waals surface area contributed by atoms with Crippen molar-refractivity contribution >= 4 is 17.5 Å². The second-order valence-electron chi connectivity index (χ2n) is 9.51. The summed E-state index contributed by atoms with van der Waals surface area (Å²) in [5.74, 6) is 0.381. The zero-order chi connectivity index (χ0) is 22.0. The molecule has 0 bridgehead atoms. The molecule has 2 aromatic rings. The van der Waals surface area contributed by atoms with Crippen molar-refractivity contribution in [2.24, 2.45) is 11.3 Å². The summed E-state index contributed by atoms with van der Waals surface area (Å²) in [6.45, 7) is 4.33. The Bertz CT molecular complexity index is 946. The number of likely N-dealkylation sites (tertiary alicyclic amines) is 1. The summed E-state index contributed by atoms with van der Waals surface area (Å²) in [4.78, 5) is 34.3. The summed E-state index contributed by atoms with van der Waals surface area (Å²) in [6.07, 6.45) is 7.83. The van der Waals surface area contributed by atoms with Crippen molar-refractivity contribution < 1.29 is 9.59 Å². The smallest absolute Gasteiger partial charge is 0.253 e. The van der Waals surface area contributed by atoms with Gasteiger partial charge in [-0.25, -0.2) is 0 Å². The van der Waals surface area contributed by atoms with Crippen LogP contribution in [0.5, 0.6) is 0 Å². The number of rotatable bonds is 6. The molecule has 6 nitrogen and oxygen atoms in total. The van der Waals surface area contributed by atoms with E-state index in [1.807, 2.05) is 35.2 Å². The van der Waals surface area contributed by atoms with E-state index in [1.54, 1.807) is 6.20 Å². The fourth-order valence-electron chi connectivity index (χ4n) is 5.38. The quantitative estimate of drug-likeness (QED) is 0.761. The number of hydrogen-bond acceptors (Lipinski definition) is 4. The lowest BCUT2D eigenvalue weighted by molar-refractivity contribution is -0.123. The van der Waals surface area contributed by atoms with Gasteiger partial charge in [-0.15, -0.1) is 0 Å². The Labute approximate surface area is 190 Å². The molecular weight excluding hydrogens is 400 g/mol. The number of nitrogens with one attached hydrogen (secondary N) is 1. The van der Waals surface area contributed by atoms with Crippen molar-refractivity contribution in [3.63, 3.8) is 0 Å². The average Bonchev–Trinajstić information content (AvgIpc) is 3.26. The second kappa shape index (κ2) is 8.93. The predicted octanol–water partition coefficient (Wildman–Crippen LogP) is 3.28. The molecule has 1 aromatic heterocycles. The largest absolute Gasteiger partial charge is 0.372 e. The van der Waals surface area contributed by atoms with Crippen LogP contribution in [0.25, 0.3) is 0 Å². The highest BCUT2D eigenvalue weighted by Crippen LogP contribution is 2.59. The van der Waals surface area contributed by atoms with Crippen molar-refractivity contribution in [3.8, 4) is 0 Å². The Morgan fingerprint density at radius 2 is 1.75 bits per heavy atom. The molecule has 6 heteroatoms. The van der Waals surface area contributed by atoms with Gasteiger partial charge in [-0.3, -0.25) is 14.6 Å². The Balaban J connectivity index is 1.09. The molecule has 2 saturated heterocycles. The first kappa shape index (κ1) is 21.0. The molecule has 1 aromatic carbocycles. The van der Waals surface area contributed by atoms with Gasteiger partial charge in [0.05, 0.1) is 0 Å². The maximum Gasteiger partial charge on any atom is 0.253 e. The molecule has 1 saturated carbocycles. The van der Waals surface area contributed by atoms with Gasteiger partial charge in [0.15, 0.2) is 0 Å². The topological polar surface area (TPSA) is 65.5 Å². The summed E-state index contributed by atoms with van der Waals surface area (Å²) >= 11 is 0. The Hall–Kier alpha value is -2.89. The maximum atomic E-state index is 13.0. The van der Waals surface area contributed by atoms with Gasteiger partial charge in [0.25, 0.3) is 5.91 Å². The zero-order valence-electron chi connectivity index (χ0n) is 18.6. The molecule has 3 fully saturated rings. The van der Waals surface area contributed by atoms with Gasteiger partial charge in [-0.1, -0.05) is 6.07 Å². The first-order valence-corrected chi connectivity index (χ1v) is 12.0. The molecule has 1 spiro atoms. The van der Waals surface area contributed by atoms with Crippen LogP contribution < -0.4 is 10.2 Å². The minimum Gasteiger partial charge on any atom is -0.372 e. The number of carbonyl (C=O) groups excluding carboxylic acids is 2. The molecule has 32 heavy (non-hydrogen) atoms. The minimum absolute atomic E-state index is 0.100. The summed E-state index contributed by atoms with van der Waals surface area (Å²) in [7, 11) is 0. The molecule has 1 atom stereocenters. The number of aromatic nitrogens is 1. The highest BCUT2D eigenvalue weighted by Gasteiger charge is 2.58. The van der Waals surface area contributed by atoms with Crippen LogP contribution in [-0.4, -0.2) is 54.4 Å². The van der Waals surface area contributed by atoms with Crippen molar-refractivity contribution in [1.29, 1.82) is 0 Å². The summed E-state index contributed by atoms with van der Waals surface area (Å²) < 4.78 is 0. The van der Waals surface area contributed by atoms with Crippen LogP contribution in [0, 0.1) is 11.3 Å². The summed E-state index contributed by atoms with van der Waals surface area (Å²) in [6, 6.07) is 13.9. The second-order valence-corrected chi connectivity index (χ2v) is 9.51. The van der Waals surface area contributed by atoms with E-state index in [4.69, 9.17) is 0 Å². The van der Waals surface area contributed by atoms with E-state index in [1.165, 1.54) is 18.5 Å². The number of hydrogen-bond donors (Lipinski definition) is 1. The first-order chi connectivity index (χ1) is 15.6. The van der Waals surface area contributed by atoms with Crippen LogP contribution in [0.1, 0.15) is 48.2 Å². The fraction of sp³-hybridized carbons (Fsp3) is 0.500. The molecule has 1 aliphatic carbocycles. The number of piperidine rings is 1. The average molecular weight is 433 g/mol. The number of amides is 2. The van der Waals surface area contributed by atoms with E-state index in [2.05, 4.69) is 27.3 Å². The highest BCUT2D eigenvalue weighted by atomic mass is 16.2. The minimum atomic E-state index is 0.100. The molecule has 1 unspecified atom stereocenters. The van der Waals surface area contributed by atoms with Gasteiger partial charge in [0.1, 0.15) is 0 Å². The van der Waals surface area contributed by atoms with E-state index in [0.717, 1.165) is 63.1 Å². The first-order valence-electron chi connectivity index (χ1n) is 12.0. The Kier molecular flexibility index (Phi) is 5.85. The van der Waals surface area contributed by atoms with Gasteiger partial charge < -0.3 is 15.1 Å². The molecule has 5 rings (SSSR count). The van der Waals surface area contributed by atoms with E-state index < -0.39 is 0 Å². The van der Waals surface area contributed by atoms with Crippen LogP contribution in [-0.2, 0) is 11.2 Å². The maximum absolute atomic E-state index is 13.0. The van der Waals surface area contributed by atoms with Crippen LogP contribution in [0.15, 0.2) is 48.7 Å². The van der Waals surface area contributed by atoms with Crippen molar-refractivity contribution in [3.05, 3.63) is 59.9 Å². The highest BCUT2D eigenvalue weighted by molar-refractivity contribution is 5.94. The molecule has 1 N–H and O–H groups in total. The molecule has 168 valence electrons. The van der Waals surface area contributed by atoms with E-state index in [-0.39, 0.29) is 23.1 Å². The lowest BCUT2D eigenvalue weighted by Gasteiger charge is -2.33. The van der Waals surface area contributed by atoms with Crippen molar-refractivity contribution in [1.82, 2.24) is 15.2 Å². The molecule has 2 amide bonds. The summed E-state index contributed by atoms with van der Waals surface area (Å²) in [5, 5.41) is 3.09. The molecule has 3 heterocycles. The number of pyridine rings is 1. The van der Waals surface area contributed by atoms with E-state index in [0.29, 0.717) is 6.54 Å². The number of benzene rings is 1. The molecular formula is C26H32N4O2. The lowest BCUT2D eigenvalue weighted by Crippen LogP contribution is -2.40. The zero-order valence-corrected chi connectivity index (χ0v) is 18.6. The third kappa shape index (κ3) is 4.36. The van der Waals surface area contributed by atoms with Gasteiger partial charge in [-0.2, -0.15) is 0 Å². The van der Waals surface area contributed by atoms with E-state index in [9.17, 15) is 9.59 Å². The van der Waals surface area contributed by atoms with Gasteiger partial charge in [0.2, 0.25) is 5.91 Å². The van der Waals surface area contributed by atoms with Crippen LogP contribution in [0.2, 0.25) is 0 Å². The van der Waals surface area contributed by atoms with Gasteiger partial charge >= 0.3 is 0 Å². The third-order valence-corrected chi connectivity index (χ3v) is 7.54. The van der Waals surface area contributed by atoms with Gasteiger partial charge in [0, 0.05) is 68.2 Å². The number of nitrogens with zero attached hydrogens (tertiary/aromatic N) is 3. The normalized spacial score (nSPS) is 21.6. The lowest BCUT2D eigenvalue weighted by atomic mass is 9.90.